The molecule has 4 nitrogen and oxygen atoms in total. The van der Waals surface area contributed by atoms with Crippen LogP contribution in [-0.2, 0) is 6.18 Å². The molecule has 0 amide bonds. The maximum absolute atomic E-state index is 12.8. The van der Waals surface area contributed by atoms with Crippen LogP contribution in [0.2, 0.25) is 0 Å². The molecule has 2 heterocycles. The van der Waals surface area contributed by atoms with Crippen molar-refractivity contribution in [1.82, 2.24) is 9.55 Å². The van der Waals surface area contributed by atoms with Crippen LogP contribution in [0.4, 0.5) is 19.0 Å². The van der Waals surface area contributed by atoms with Crippen LogP contribution in [-0.4, -0.2) is 16.1 Å². The van der Waals surface area contributed by atoms with Gasteiger partial charge in [-0.05, 0) is 23.8 Å². The summed E-state index contributed by atoms with van der Waals surface area (Å²) in [7, 11) is 0. The summed E-state index contributed by atoms with van der Waals surface area (Å²) in [6.45, 7) is 0.423. The molecule has 0 fully saturated rings. The second kappa shape index (κ2) is 4.66. The van der Waals surface area contributed by atoms with Gasteiger partial charge < -0.3 is 5.32 Å². The fourth-order valence-electron chi connectivity index (χ4n) is 2.24. The van der Waals surface area contributed by atoms with Gasteiger partial charge in [0, 0.05) is 6.54 Å². The van der Waals surface area contributed by atoms with Gasteiger partial charge in [-0.1, -0.05) is 12.1 Å². The number of hydrogen-bond donors (Lipinski definition) is 1. The van der Waals surface area contributed by atoms with Crippen LogP contribution in [0, 0.1) is 11.3 Å². The monoisotopic (exact) mass is 290 g/mol. The standard InChI is InChI=1S/C14H9F3N4/c15-14(16,17)10-3-1-2-9(6-10)12-4-5-19-13-11(7-18)20-8-21(12)13/h1-4,6,8,19H,5H2. The van der Waals surface area contributed by atoms with Gasteiger partial charge in [0.25, 0.3) is 0 Å². The van der Waals surface area contributed by atoms with Crippen molar-refractivity contribution in [3.8, 4) is 6.07 Å². The average molecular weight is 290 g/mol. The highest BCUT2D eigenvalue weighted by molar-refractivity contribution is 5.74. The molecule has 3 rings (SSSR count). The molecule has 1 aromatic carbocycles. The normalized spacial score (nSPS) is 13.9. The predicted molar refractivity (Wildman–Crippen MR) is 70.3 cm³/mol. The Labute approximate surface area is 118 Å². The number of hydrogen-bond acceptors (Lipinski definition) is 3. The lowest BCUT2D eigenvalue weighted by atomic mass is 10.1. The molecule has 0 saturated carbocycles. The molecule has 0 atom stereocenters. The topological polar surface area (TPSA) is 53.6 Å². The van der Waals surface area contributed by atoms with Crippen LogP contribution in [0.25, 0.3) is 5.70 Å². The van der Waals surface area contributed by atoms with E-state index in [9.17, 15) is 13.2 Å². The molecule has 7 heteroatoms. The predicted octanol–water partition coefficient (Wildman–Crippen LogP) is 3.09. The largest absolute Gasteiger partial charge is 0.416 e. The molecule has 1 aliphatic rings. The number of rotatable bonds is 1. The third-order valence-corrected chi connectivity index (χ3v) is 3.18. The Morgan fingerprint density at radius 1 is 1.33 bits per heavy atom. The van der Waals surface area contributed by atoms with Gasteiger partial charge in [0.05, 0.1) is 11.3 Å². The van der Waals surface area contributed by atoms with Crippen LogP contribution < -0.4 is 5.32 Å². The quantitative estimate of drug-likeness (QED) is 0.878. The van der Waals surface area contributed by atoms with Crippen molar-refractivity contribution in [1.29, 1.82) is 5.26 Å². The number of aromatic nitrogens is 2. The molecule has 0 bridgehead atoms. The highest BCUT2D eigenvalue weighted by Gasteiger charge is 2.31. The highest BCUT2D eigenvalue weighted by Crippen LogP contribution is 2.33. The van der Waals surface area contributed by atoms with Gasteiger partial charge in [-0.2, -0.15) is 18.4 Å². The summed E-state index contributed by atoms with van der Waals surface area (Å²) in [5.41, 5.74) is 0.507. The van der Waals surface area contributed by atoms with Crippen LogP contribution in [0.1, 0.15) is 16.8 Å². The van der Waals surface area contributed by atoms with E-state index < -0.39 is 11.7 Å². The molecule has 2 aromatic rings. The summed E-state index contributed by atoms with van der Waals surface area (Å²) in [5.74, 6) is 0.493. The van der Waals surface area contributed by atoms with Crippen molar-refractivity contribution >= 4 is 11.5 Å². The molecular formula is C14H9F3N4. The third-order valence-electron chi connectivity index (χ3n) is 3.18. The number of nitrogens with zero attached hydrogens (tertiary/aromatic N) is 3. The Morgan fingerprint density at radius 2 is 2.14 bits per heavy atom. The Kier molecular flexibility index (Phi) is 2.94. The number of halogens is 3. The Bertz CT molecular complexity index is 765. The van der Waals surface area contributed by atoms with E-state index in [4.69, 9.17) is 5.26 Å². The van der Waals surface area contributed by atoms with Crippen molar-refractivity contribution in [2.45, 2.75) is 6.18 Å². The molecule has 21 heavy (non-hydrogen) atoms. The maximum Gasteiger partial charge on any atom is 0.416 e. The zero-order valence-electron chi connectivity index (χ0n) is 10.6. The molecule has 1 aromatic heterocycles. The minimum Gasteiger partial charge on any atom is -0.365 e. The van der Waals surface area contributed by atoms with Crippen molar-refractivity contribution in [3.63, 3.8) is 0 Å². The summed E-state index contributed by atoms with van der Waals surface area (Å²) in [5, 5.41) is 11.9. The lowest BCUT2D eigenvalue weighted by Crippen LogP contribution is -2.14. The number of imidazole rings is 1. The number of fused-ring (bicyclic) bond motifs is 1. The molecule has 0 unspecified atom stereocenters. The zero-order chi connectivity index (χ0) is 15.0. The van der Waals surface area contributed by atoms with E-state index in [1.807, 2.05) is 6.07 Å². The van der Waals surface area contributed by atoms with E-state index in [0.717, 1.165) is 12.1 Å². The minimum absolute atomic E-state index is 0.215. The van der Waals surface area contributed by atoms with E-state index in [-0.39, 0.29) is 5.69 Å². The second-order valence-electron chi connectivity index (χ2n) is 4.47. The molecule has 1 aliphatic heterocycles. The van der Waals surface area contributed by atoms with Gasteiger partial charge >= 0.3 is 6.18 Å². The number of alkyl halides is 3. The number of benzene rings is 1. The first-order chi connectivity index (χ1) is 10.0. The lowest BCUT2D eigenvalue weighted by Gasteiger charge is -2.19. The fourth-order valence-corrected chi connectivity index (χ4v) is 2.24. The third kappa shape index (κ3) is 2.25. The smallest absolute Gasteiger partial charge is 0.365 e. The van der Waals surface area contributed by atoms with Gasteiger partial charge in [-0.3, -0.25) is 4.57 Å². The van der Waals surface area contributed by atoms with Gasteiger partial charge in [0.1, 0.15) is 18.2 Å². The lowest BCUT2D eigenvalue weighted by molar-refractivity contribution is -0.137. The van der Waals surface area contributed by atoms with Gasteiger partial charge in [0.2, 0.25) is 0 Å². The SMILES string of the molecule is N#Cc1ncn2c1NCC=C2c1cccc(C(F)(F)F)c1. The van der Waals surface area contributed by atoms with E-state index in [0.29, 0.717) is 23.6 Å². The first-order valence-corrected chi connectivity index (χ1v) is 6.10. The van der Waals surface area contributed by atoms with E-state index in [2.05, 4.69) is 10.3 Å². The molecule has 0 saturated heterocycles. The summed E-state index contributed by atoms with van der Waals surface area (Å²) in [6, 6.07) is 7.02. The Morgan fingerprint density at radius 3 is 2.86 bits per heavy atom. The Hall–Kier alpha value is -2.75. The molecule has 0 aliphatic carbocycles. The minimum atomic E-state index is -4.39. The van der Waals surface area contributed by atoms with Crippen molar-refractivity contribution in [2.24, 2.45) is 0 Å². The van der Waals surface area contributed by atoms with Crippen molar-refractivity contribution in [2.75, 3.05) is 11.9 Å². The number of nitriles is 1. The maximum atomic E-state index is 12.8. The number of nitrogens with one attached hydrogen (secondary N) is 1. The van der Waals surface area contributed by atoms with E-state index in [1.165, 1.54) is 12.4 Å². The van der Waals surface area contributed by atoms with Crippen LogP contribution in [0.3, 0.4) is 0 Å². The molecule has 106 valence electrons. The average Bonchev–Trinajstić information content (AvgIpc) is 2.89. The van der Waals surface area contributed by atoms with Gasteiger partial charge in [0.15, 0.2) is 5.69 Å². The highest BCUT2D eigenvalue weighted by atomic mass is 19.4. The molecule has 0 spiro atoms. The van der Waals surface area contributed by atoms with Crippen LogP contribution >= 0.6 is 0 Å². The van der Waals surface area contributed by atoms with Crippen molar-refractivity contribution < 1.29 is 13.2 Å². The van der Waals surface area contributed by atoms with Crippen molar-refractivity contribution in [3.05, 3.63) is 53.5 Å². The van der Waals surface area contributed by atoms with E-state index >= 15 is 0 Å². The first kappa shape index (κ1) is 13.2. The van der Waals surface area contributed by atoms with Crippen LogP contribution in [0.15, 0.2) is 36.7 Å². The molecular weight excluding hydrogens is 281 g/mol. The fraction of sp³-hybridized carbons (Fsp3) is 0.143. The summed E-state index contributed by atoms with van der Waals surface area (Å²) >= 11 is 0. The van der Waals surface area contributed by atoms with Gasteiger partial charge in [-0.25, -0.2) is 4.98 Å². The zero-order valence-corrected chi connectivity index (χ0v) is 10.6. The summed E-state index contributed by atoms with van der Waals surface area (Å²) < 4.78 is 40.0. The summed E-state index contributed by atoms with van der Waals surface area (Å²) in [4.78, 5) is 3.94. The van der Waals surface area contributed by atoms with Crippen LogP contribution in [0.5, 0.6) is 0 Å². The number of anilines is 1. The van der Waals surface area contributed by atoms with Gasteiger partial charge in [-0.15, -0.1) is 0 Å². The Balaban J connectivity index is 2.09. The second-order valence-corrected chi connectivity index (χ2v) is 4.47. The molecule has 1 N–H and O–H groups in total. The summed E-state index contributed by atoms with van der Waals surface area (Å²) in [6.07, 6.45) is -1.21. The first-order valence-electron chi connectivity index (χ1n) is 6.10. The van der Waals surface area contributed by atoms with E-state index in [1.54, 1.807) is 16.7 Å². The molecule has 0 radical (unpaired) electrons.